The molecule has 1 aromatic carbocycles. The van der Waals surface area contributed by atoms with E-state index in [-0.39, 0.29) is 23.5 Å². The first-order chi connectivity index (χ1) is 10.2. The summed E-state index contributed by atoms with van der Waals surface area (Å²) in [7, 11) is 1.46. The van der Waals surface area contributed by atoms with E-state index in [1.807, 2.05) is 0 Å². The summed E-state index contributed by atoms with van der Waals surface area (Å²) in [6, 6.07) is 6.12. The summed E-state index contributed by atoms with van der Waals surface area (Å²) < 4.78 is 5.08. The highest BCUT2D eigenvalue weighted by molar-refractivity contribution is 5.87. The second-order valence-corrected chi connectivity index (χ2v) is 7.08. The van der Waals surface area contributed by atoms with Crippen LogP contribution in [0.25, 0.3) is 5.57 Å². The van der Waals surface area contributed by atoms with Gasteiger partial charge in [-0.2, -0.15) is 0 Å². The molecule has 22 heavy (non-hydrogen) atoms. The normalized spacial score (nSPS) is 17.8. The van der Waals surface area contributed by atoms with Gasteiger partial charge in [0.15, 0.2) is 0 Å². The molecule has 1 aliphatic heterocycles. The van der Waals surface area contributed by atoms with Crippen molar-refractivity contribution < 1.29 is 9.53 Å². The van der Waals surface area contributed by atoms with Crippen molar-refractivity contribution in [2.75, 3.05) is 12.0 Å². The first-order valence-electron chi connectivity index (χ1n) is 7.86. The molecule has 120 valence electrons. The number of fused-ring (bicyclic) bond motifs is 1. The fourth-order valence-electron chi connectivity index (χ4n) is 3.47. The summed E-state index contributed by atoms with van der Waals surface area (Å²) in [5.41, 5.74) is 4.56. The fourth-order valence-corrected chi connectivity index (χ4v) is 3.47. The topological polar surface area (TPSA) is 29.5 Å². The van der Waals surface area contributed by atoms with Gasteiger partial charge in [0.1, 0.15) is 6.04 Å². The van der Waals surface area contributed by atoms with Crippen molar-refractivity contribution in [1.82, 2.24) is 0 Å². The van der Waals surface area contributed by atoms with Gasteiger partial charge in [-0.25, -0.2) is 4.79 Å². The van der Waals surface area contributed by atoms with Gasteiger partial charge in [-0.3, -0.25) is 0 Å². The van der Waals surface area contributed by atoms with Gasteiger partial charge < -0.3 is 9.64 Å². The van der Waals surface area contributed by atoms with Crippen LogP contribution in [0.3, 0.4) is 0 Å². The zero-order valence-electron chi connectivity index (χ0n) is 14.7. The van der Waals surface area contributed by atoms with Gasteiger partial charge in [-0.1, -0.05) is 31.6 Å². The number of hydrogen-bond donors (Lipinski definition) is 0. The summed E-state index contributed by atoms with van der Waals surface area (Å²) in [6.07, 6.45) is 2.24. The third-order valence-electron chi connectivity index (χ3n) is 4.38. The molecular weight excluding hydrogens is 274 g/mol. The number of allylic oxidation sites excluding steroid dienone is 1. The SMILES string of the molecule is COC(=O)[C@H](C(C)C)N1c2ccc(C)cc2C(C)=CC1(C)C. The van der Waals surface area contributed by atoms with E-state index in [4.69, 9.17) is 4.74 Å². The van der Waals surface area contributed by atoms with Crippen LogP contribution in [0.5, 0.6) is 0 Å². The van der Waals surface area contributed by atoms with Gasteiger partial charge in [-0.15, -0.1) is 0 Å². The third kappa shape index (κ3) is 2.77. The van der Waals surface area contributed by atoms with E-state index in [2.05, 4.69) is 70.7 Å². The Balaban J connectivity index is 2.65. The van der Waals surface area contributed by atoms with Gasteiger partial charge in [0.05, 0.1) is 12.6 Å². The van der Waals surface area contributed by atoms with Gasteiger partial charge in [0, 0.05) is 11.3 Å². The number of ether oxygens (including phenoxy) is 1. The van der Waals surface area contributed by atoms with E-state index in [9.17, 15) is 4.79 Å². The van der Waals surface area contributed by atoms with Crippen molar-refractivity contribution in [3.63, 3.8) is 0 Å². The highest BCUT2D eigenvalue weighted by Crippen LogP contribution is 2.41. The molecule has 0 aromatic heterocycles. The first kappa shape index (κ1) is 16.6. The Morgan fingerprint density at radius 1 is 1.23 bits per heavy atom. The summed E-state index contributed by atoms with van der Waals surface area (Å²) in [6.45, 7) is 12.7. The summed E-state index contributed by atoms with van der Waals surface area (Å²) in [5, 5.41) is 0. The number of aryl methyl sites for hydroxylation is 1. The van der Waals surface area contributed by atoms with Crippen LogP contribution in [0, 0.1) is 12.8 Å². The molecule has 0 N–H and O–H groups in total. The Bertz CT molecular complexity index is 614. The van der Waals surface area contributed by atoms with Crippen LogP contribution in [-0.4, -0.2) is 24.7 Å². The van der Waals surface area contributed by atoms with Crippen molar-refractivity contribution in [2.45, 2.75) is 53.1 Å². The van der Waals surface area contributed by atoms with Crippen molar-refractivity contribution in [3.05, 3.63) is 35.4 Å². The second-order valence-electron chi connectivity index (χ2n) is 7.08. The number of hydrogen-bond acceptors (Lipinski definition) is 3. The number of carbonyl (C=O) groups excluding carboxylic acids is 1. The maximum Gasteiger partial charge on any atom is 0.328 e. The number of anilines is 1. The van der Waals surface area contributed by atoms with E-state index in [1.54, 1.807) is 0 Å². The molecule has 0 spiro atoms. The average Bonchev–Trinajstić information content (AvgIpc) is 2.42. The minimum Gasteiger partial charge on any atom is -0.467 e. The largest absolute Gasteiger partial charge is 0.467 e. The Labute approximate surface area is 134 Å². The van der Waals surface area contributed by atoms with Crippen LogP contribution in [0.4, 0.5) is 5.69 Å². The Hall–Kier alpha value is -1.77. The lowest BCUT2D eigenvalue weighted by Gasteiger charge is -2.48. The van der Waals surface area contributed by atoms with Crippen LogP contribution in [-0.2, 0) is 9.53 Å². The van der Waals surface area contributed by atoms with Crippen LogP contribution in [0.15, 0.2) is 24.3 Å². The molecule has 1 atom stereocenters. The predicted molar refractivity (Wildman–Crippen MR) is 92.0 cm³/mol. The van der Waals surface area contributed by atoms with Crippen LogP contribution < -0.4 is 4.90 Å². The molecule has 1 heterocycles. The summed E-state index contributed by atoms with van der Waals surface area (Å²) >= 11 is 0. The number of methoxy groups -OCH3 is 1. The standard InChI is InChI=1S/C19H27NO2/c1-12(2)17(18(21)22-7)20-16-9-8-13(3)10-15(16)14(4)11-19(20,5)6/h8-12,17H,1-7H3/t17-/m0/s1. The second kappa shape index (κ2) is 5.79. The predicted octanol–water partition coefficient (Wildman–Crippen LogP) is 4.19. The molecule has 2 rings (SSSR count). The smallest absolute Gasteiger partial charge is 0.328 e. The average molecular weight is 301 g/mol. The van der Waals surface area contributed by atoms with Gasteiger partial charge >= 0.3 is 5.97 Å². The molecule has 3 heteroatoms. The Kier molecular flexibility index (Phi) is 4.37. The zero-order valence-corrected chi connectivity index (χ0v) is 14.7. The quantitative estimate of drug-likeness (QED) is 0.784. The van der Waals surface area contributed by atoms with Gasteiger partial charge in [-0.05, 0) is 51.3 Å². The maximum absolute atomic E-state index is 12.4. The summed E-state index contributed by atoms with van der Waals surface area (Å²) in [5.74, 6) is -0.0183. The minimum absolute atomic E-state index is 0.160. The lowest BCUT2D eigenvalue weighted by atomic mass is 9.84. The maximum atomic E-state index is 12.4. The van der Waals surface area contributed by atoms with Crippen molar-refractivity contribution in [1.29, 1.82) is 0 Å². The van der Waals surface area contributed by atoms with Gasteiger partial charge in [0.25, 0.3) is 0 Å². The molecule has 0 bridgehead atoms. The van der Waals surface area contributed by atoms with Crippen molar-refractivity contribution in [3.8, 4) is 0 Å². The number of esters is 1. The van der Waals surface area contributed by atoms with E-state index < -0.39 is 0 Å². The summed E-state index contributed by atoms with van der Waals surface area (Å²) in [4.78, 5) is 14.6. The number of benzene rings is 1. The van der Waals surface area contributed by atoms with E-state index in [0.717, 1.165) is 5.69 Å². The number of nitrogens with zero attached hydrogens (tertiary/aromatic N) is 1. The van der Waals surface area contributed by atoms with E-state index >= 15 is 0 Å². The third-order valence-corrected chi connectivity index (χ3v) is 4.38. The van der Waals surface area contributed by atoms with Crippen LogP contribution >= 0.6 is 0 Å². The molecule has 0 saturated carbocycles. The lowest BCUT2D eigenvalue weighted by molar-refractivity contribution is -0.143. The molecule has 0 saturated heterocycles. The van der Waals surface area contributed by atoms with Crippen molar-refractivity contribution in [2.24, 2.45) is 5.92 Å². The molecule has 3 nitrogen and oxygen atoms in total. The number of rotatable bonds is 3. The highest BCUT2D eigenvalue weighted by Gasteiger charge is 2.41. The Morgan fingerprint density at radius 2 is 1.86 bits per heavy atom. The van der Waals surface area contributed by atoms with Crippen LogP contribution in [0.1, 0.15) is 45.7 Å². The molecule has 0 amide bonds. The first-order valence-corrected chi connectivity index (χ1v) is 7.86. The fraction of sp³-hybridized carbons (Fsp3) is 0.526. The van der Waals surface area contributed by atoms with Gasteiger partial charge in [0.2, 0.25) is 0 Å². The molecule has 1 aromatic rings. The molecule has 1 aliphatic rings. The molecule has 0 unspecified atom stereocenters. The monoisotopic (exact) mass is 301 g/mol. The lowest BCUT2D eigenvalue weighted by Crippen LogP contribution is -2.56. The van der Waals surface area contributed by atoms with E-state index in [0.29, 0.717) is 0 Å². The number of carbonyl (C=O) groups is 1. The minimum atomic E-state index is -0.300. The van der Waals surface area contributed by atoms with Crippen LogP contribution in [0.2, 0.25) is 0 Å². The Morgan fingerprint density at radius 3 is 2.41 bits per heavy atom. The van der Waals surface area contributed by atoms with Crippen molar-refractivity contribution >= 4 is 17.2 Å². The van der Waals surface area contributed by atoms with E-state index in [1.165, 1.54) is 23.8 Å². The molecule has 0 aliphatic carbocycles. The zero-order chi connectivity index (χ0) is 16.7. The highest BCUT2D eigenvalue weighted by atomic mass is 16.5. The molecule has 0 radical (unpaired) electrons. The molecular formula is C19H27NO2. The molecule has 0 fully saturated rings.